The van der Waals surface area contributed by atoms with Crippen molar-refractivity contribution in [2.75, 3.05) is 13.7 Å². The maximum Gasteiger partial charge on any atom is 0.311 e. The van der Waals surface area contributed by atoms with Crippen molar-refractivity contribution in [3.63, 3.8) is 0 Å². The van der Waals surface area contributed by atoms with Gasteiger partial charge in [0.15, 0.2) is 0 Å². The average molecular weight is 415 g/mol. The van der Waals surface area contributed by atoms with Gasteiger partial charge in [0.2, 0.25) is 0 Å². The van der Waals surface area contributed by atoms with Crippen LogP contribution < -0.4 is 0 Å². The number of carbonyl (C=O) groups is 1. The molecule has 0 bridgehead atoms. The van der Waals surface area contributed by atoms with Gasteiger partial charge in [0.1, 0.15) is 0 Å². The van der Waals surface area contributed by atoms with E-state index in [-0.39, 0.29) is 24.4 Å². The Morgan fingerprint density at radius 2 is 2.04 bits per heavy atom. The number of ether oxygens (including phenoxy) is 1. The molecule has 2 N–H and O–H groups in total. The summed E-state index contributed by atoms with van der Waals surface area (Å²) in [5.41, 5.74) is 1.62. The minimum absolute atomic E-state index is 0.0293. The topological polar surface area (TPSA) is 66.8 Å². The summed E-state index contributed by atoms with van der Waals surface area (Å²) in [7, 11) is 1.40. The third kappa shape index (κ3) is 3.09. The number of benzene rings is 1. The summed E-state index contributed by atoms with van der Waals surface area (Å²) in [5, 5.41) is 21.3. The smallest absolute Gasteiger partial charge is 0.311 e. The number of fused-ring (bicyclic) bond motifs is 3. The molecule has 3 rings (SSSR count). The molecule has 2 aliphatic rings. The molecule has 1 aromatic carbocycles. The summed E-state index contributed by atoms with van der Waals surface area (Å²) >= 11 is 13.3. The summed E-state index contributed by atoms with van der Waals surface area (Å²) in [6, 6.07) is 1.94. The molecule has 6 heteroatoms. The number of aliphatic hydroxyl groups excluding tert-OH is 2. The lowest BCUT2D eigenvalue weighted by Gasteiger charge is -2.55. The fraction of sp³-hybridized carbons (Fsp3) is 0.667. The van der Waals surface area contributed by atoms with E-state index in [4.69, 9.17) is 27.9 Å². The first-order valence-corrected chi connectivity index (χ1v) is 10.2. The average Bonchev–Trinajstić information content (AvgIpc) is 2.60. The second-order valence-corrected chi connectivity index (χ2v) is 9.46. The minimum Gasteiger partial charge on any atom is -0.469 e. The number of hydrogen-bond donors (Lipinski definition) is 2. The first kappa shape index (κ1) is 20.9. The zero-order valence-corrected chi connectivity index (χ0v) is 17.8. The van der Waals surface area contributed by atoms with Crippen molar-refractivity contribution < 1.29 is 19.7 Å². The minimum atomic E-state index is -0.755. The fourth-order valence-electron chi connectivity index (χ4n) is 5.70. The van der Waals surface area contributed by atoms with Gasteiger partial charge < -0.3 is 14.9 Å². The molecule has 0 heterocycles. The molecule has 1 aromatic rings. The van der Waals surface area contributed by atoms with Gasteiger partial charge in [-0.2, -0.15) is 0 Å². The van der Waals surface area contributed by atoms with Gasteiger partial charge in [-0.15, -0.1) is 0 Å². The third-order valence-corrected chi connectivity index (χ3v) is 7.67. The van der Waals surface area contributed by atoms with Crippen molar-refractivity contribution in [3.05, 3.63) is 32.8 Å². The fourth-order valence-corrected chi connectivity index (χ4v) is 6.62. The van der Waals surface area contributed by atoms with Gasteiger partial charge in [-0.05, 0) is 66.7 Å². The van der Waals surface area contributed by atoms with Gasteiger partial charge in [-0.1, -0.05) is 37.0 Å². The Labute approximate surface area is 170 Å². The number of rotatable bonds is 3. The van der Waals surface area contributed by atoms with Crippen LogP contribution in [0.3, 0.4) is 0 Å². The van der Waals surface area contributed by atoms with Crippen LogP contribution in [0.5, 0.6) is 0 Å². The van der Waals surface area contributed by atoms with E-state index in [2.05, 4.69) is 6.92 Å². The van der Waals surface area contributed by atoms with Gasteiger partial charge >= 0.3 is 5.97 Å². The van der Waals surface area contributed by atoms with Crippen molar-refractivity contribution in [3.8, 4) is 0 Å². The largest absolute Gasteiger partial charge is 0.469 e. The number of methoxy groups -OCH3 is 1. The lowest BCUT2D eigenvalue weighted by molar-refractivity contribution is -0.166. The van der Waals surface area contributed by atoms with Crippen LogP contribution >= 0.6 is 23.2 Å². The zero-order valence-electron chi connectivity index (χ0n) is 16.3. The third-order valence-electron chi connectivity index (χ3n) is 6.93. The van der Waals surface area contributed by atoms with E-state index in [0.29, 0.717) is 22.9 Å². The van der Waals surface area contributed by atoms with Crippen molar-refractivity contribution in [2.45, 2.75) is 63.9 Å². The van der Waals surface area contributed by atoms with Gasteiger partial charge in [0.25, 0.3) is 0 Å². The monoisotopic (exact) mass is 414 g/mol. The lowest BCUT2D eigenvalue weighted by atomic mass is 9.49. The van der Waals surface area contributed by atoms with Crippen molar-refractivity contribution >= 4 is 29.2 Å². The Morgan fingerprint density at radius 3 is 2.63 bits per heavy atom. The highest BCUT2D eigenvalue weighted by Crippen LogP contribution is 2.59. The van der Waals surface area contributed by atoms with Crippen LogP contribution in [0.4, 0.5) is 0 Å². The Kier molecular flexibility index (Phi) is 5.59. The molecule has 0 amide bonds. The molecule has 0 spiro atoms. The summed E-state index contributed by atoms with van der Waals surface area (Å²) in [4.78, 5) is 12.6. The standard InChI is InChI=1S/C21H28Cl2O4/c1-11(10-24)17-15(22)7-14-13(18(17)23)5-6-16-20(14,2)8-12(25)9-21(16,3)19(26)27-4/h7,11-12,16,24-25H,5-6,8-10H2,1-4H3/t11-,12-,16-,20-,21-/m1/s1. The zero-order chi connectivity index (χ0) is 20.1. The van der Waals surface area contributed by atoms with Crippen LogP contribution in [0.1, 0.15) is 62.6 Å². The van der Waals surface area contributed by atoms with E-state index >= 15 is 0 Å². The van der Waals surface area contributed by atoms with Crippen LogP contribution in [-0.2, 0) is 21.4 Å². The molecule has 4 nitrogen and oxygen atoms in total. The maximum absolute atomic E-state index is 12.6. The second-order valence-electron chi connectivity index (χ2n) is 8.68. The molecule has 27 heavy (non-hydrogen) atoms. The van der Waals surface area contributed by atoms with E-state index in [1.54, 1.807) is 0 Å². The van der Waals surface area contributed by atoms with Crippen LogP contribution in [0.15, 0.2) is 6.07 Å². The van der Waals surface area contributed by atoms with Crippen molar-refractivity contribution in [1.82, 2.24) is 0 Å². The van der Waals surface area contributed by atoms with Crippen LogP contribution in [0.2, 0.25) is 10.0 Å². The maximum atomic E-state index is 12.6. The Balaban J connectivity index is 2.19. The predicted octanol–water partition coefficient (Wildman–Crippen LogP) is 4.24. The Hall–Kier alpha value is -0.810. The molecular formula is C21H28Cl2O4. The predicted molar refractivity (Wildman–Crippen MR) is 106 cm³/mol. The van der Waals surface area contributed by atoms with E-state index in [1.807, 2.05) is 19.9 Å². The van der Waals surface area contributed by atoms with E-state index in [0.717, 1.165) is 29.5 Å². The van der Waals surface area contributed by atoms with Gasteiger partial charge in [-0.25, -0.2) is 0 Å². The molecule has 0 aromatic heterocycles. The Morgan fingerprint density at radius 1 is 1.37 bits per heavy atom. The molecule has 0 aliphatic heterocycles. The van der Waals surface area contributed by atoms with Crippen LogP contribution in [0, 0.1) is 11.3 Å². The highest BCUT2D eigenvalue weighted by Gasteiger charge is 2.58. The van der Waals surface area contributed by atoms with E-state index in [1.165, 1.54) is 7.11 Å². The Bertz CT molecular complexity index is 765. The van der Waals surface area contributed by atoms with Crippen molar-refractivity contribution in [1.29, 1.82) is 0 Å². The molecule has 0 unspecified atom stereocenters. The van der Waals surface area contributed by atoms with Crippen LogP contribution in [-0.4, -0.2) is 36.0 Å². The number of esters is 1. The first-order chi connectivity index (χ1) is 12.6. The summed E-state index contributed by atoms with van der Waals surface area (Å²) < 4.78 is 5.11. The number of hydrogen-bond acceptors (Lipinski definition) is 4. The van der Waals surface area contributed by atoms with Gasteiger partial charge in [-0.3, -0.25) is 4.79 Å². The normalized spacial score (nSPS) is 33.8. The van der Waals surface area contributed by atoms with Crippen LogP contribution in [0.25, 0.3) is 0 Å². The first-order valence-electron chi connectivity index (χ1n) is 9.48. The molecule has 1 saturated carbocycles. The molecule has 2 aliphatic carbocycles. The molecule has 5 atom stereocenters. The quantitative estimate of drug-likeness (QED) is 0.725. The number of aliphatic hydroxyl groups is 2. The molecular weight excluding hydrogens is 387 g/mol. The van der Waals surface area contributed by atoms with E-state index in [9.17, 15) is 15.0 Å². The number of carbonyl (C=O) groups excluding carboxylic acids is 1. The van der Waals surface area contributed by atoms with Crippen molar-refractivity contribution in [2.24, 2.45) is 11.3 Å². The number of halogens is 2. The van der Waals surface area contributed by atoms with E-state index < -0.39 is 16.9 Å². The van der Waals surface area contributed by atoms with Gasteiger partial charge in [0.05, 0.1) is 18.6 Å². The molecule has 0 saturated heterocycles. The summed E-state index contributed by atoms with van der Waals surface area (Å²) in [6.45, 7) is 5.87. The highest BCUT2D eigenvalue weighted by atomic mass is 35.5. The van der Waals surface area contributed by atoms with Gasteiger partial charge in [0, 0.05) is 22.6 Å². The highest BCUT2D eigenvalue weighted by molar-refractivity contribution is 6.36. The molecule has 0 radical (unpaired) electrons. The molecule has 1 fully saturated rings. The molecule has 150 valence electrons. The second kappa shape index (κ2) is 7.22. The summed E-state index contributed by atoms with van der Waals surface area (Å²) in [6.07, 6.45) is 1.87. The summed E-state index contributed by atoms with van der Waals surface area (Å²) in [5.74, 6) is -0.400. The lowest BCUT2D eigenvalue weighted by Crippen LogP contribution is -2.56. The SMILES string of the molecule is COC(=O)[C@]1(C)C[C@H](O)C[C@]2(C)c3cc(Cl)c([C@H](C)CO)c(Cl)c3CC[C@@H]12.